The average molecular weight is 256 g/mol. The number of benzene rings is 1. The lowest BCUT2D eigenvalue weighted by molar-refractivity contribution is 0.106. The molecule has 1 aromatic carbocycles. The summed E-state index contributed by atoms with van der Waals surface area (Å²) in [4.78, 5) is 16.1. The van der Waals surface area contributed by atoms with Crippen molar-refractivity contribution in [1.82, 2.24) is 4.98 Å². The van der Waals surface area contributed by atoms with Crippen LogP contribution in [0.1, 0.15) is 15.9 Å². The Balaban J connectivity index is 2.37. The van der Waals surface area contributed by atoms with Crippen LogP contribution in [0.3, 0.4) is 0 Å². The van der Waals surface area contributed by atoms with E-state index in [1.54, 1.807) is 36.4 Å². The van der Waals surface area contributed by atoms with Crippen LogP contribution in [0.15, 0.2) is 53.9 Å². The molecule has 0 bridgehead atoms. The maximum atomic E-state index is 12.3. The van der Waals surface area contributed by atoms with Crippen LogP contribution in [0.25, 0.3) is 0 Å². The van der Waals surface area contributed by atoms with Gasteiger partial charge in [-0.2, -0.15) is 0 Å². The van der Waals surface area contributed by atoms with Crippen LogP contribution in [0.5, 0.6) is 5.75 Å². The zero-order valence-electron chi connectivity index (χ0n) is 10.3. The zero-order chi connectivity index (χ0) is 13.7. The average Bonchev–Trinajstić information content (AvgIpc) is 2.49. The minimum absolute atomic E-state index is 0.0318. The number of ketones is 1. The number of hydrogen-bond donors (Lipinski definition) is 1. The molecule has 0 amide bonds. The highest BCUT2D eigenvalue weighted by molar-refractivity contribution is 6.51. The molecule has 0 atom stereocenters. The molecule has 1 N–H and O–H groups in total. The normalized spacial score (nSPS) is 11.1. The first kappa shape index (κ1) is 12.8. The first-order valence-corrected chi connectivity index (χ1v) is 5.57. The van der Waals surface area contributed by atoms with Crippen molar-refractivity contribution in [2.24, 2.45) is 5.16 Å². The van der Waals surface area contributed by atoms with Crippen LogP contribution in [0, 0.1) is 0 Å². The van der Waals surface area contributed by atoms with Crippen LogP contribution >= 0.6 is 0 Å². The molecule has 0 aliphatic heterocycles. The van der Waals surface area contributed by atoms with E-state index in [2.05, 4.69) is 10.1 Å². The van der Waals surface area contributed by atoms with Crippen molar-refractivity contribution in [1.29, 1.82) is 0 Å². The summed E-state index contributed by atoms with van der Waals surface area (Å²) in [5, 5.41) is 12.1. The first-order valence-electron chi connectivity index (χ1n) is 5.57. The molecular weight excluding hydrogens is 244 g/mol. The SMILES string of the molecule is COc1cccc(C(=O)C(=NO)c2ccncc2)c1. The van der Waals surface area contributed by atoms with Gasteiger partial charge in [0.25, 0.3) is 0 Å². The largest absolute Gasteiger partial charge is 0.497 e. The summed E-state index contributed by atoms with van der Waals surface area (Å²) in [6.07, 6.45) is 3.05. The first-order chi connectivity index (χ1) is 9.26. The molecule has 2 rings (SSSR count). The summed E-state index contributed by atoms with van der Waals surface area (Å²) in [6.45, 7) is 0. The molecule has 1 aromatic heterocycles. The van der Waals surface area contributed by atoms with Gasteiger partial charge in [0.05, 0.1) is 7.11 Å². The number of methoxy groups -OCH3 is 1. The Labute approximate surface area is 110 Å². The van der Waals surface area contributed by atoms with E-state index in [0.717, 1.165) is 0 Å². The van der Waals surface area contributed by atoms with Gasteiger partial charge in [0.15, 0.2) is 5.71 Å². The van der Waals surface area contributed by atoms with E-state index in [9.17, 15) is 4.79 Å². The predicted molar refractivity (Wildman–Crippen MR) is 69.9 cm³/mol. The number of ether oxygens (including phenoxy) is 1. The summed E-state index contributed by atoms with van der Waals surface area (Å²) in [5.41, 5.74) is 0.866. The fraction of sp³-hybridized carbons (Fsp3) is 0.0714. The molecule has 0 saturated carbocycles. The number of aromatic nitrogens is 1. The minimum atomic E-state index is -0.382. The van der Waals surface area contributed by atoms with E-state index in [1.165, 1.54) is 19.5 Å². The van der Waals surface area contributed by atoms with Gasteiger partial charge in [-0.25, -0.2) is 0 Å². The van der Waals surface area contributed by atoms with Crippen molar-refractivity contribution in [3.63, 3.8) is 0 Å². The third-order valence-electron chi connectivity index (χ3n) is 2.60. The molecule has 5 nitrogen and oxygen atoms in total. The van der Waals surface area contributed by atoms with Gasteiger partial charge < -0.3 is 9.94 Å². The predicted octanol–water partition coefficient (Wildman–Crippen LogP) is 2.15. The second kappa shape index (κ2) is 5.77. The topological polar surface area (TPSA) is 71.8 Å². The molecule has 0 aliphatic carbocycles. The number of pyridine rings is 1. The van der Waals surface area contributed by atoms with Gasteiger partial charge in [0, 0.05) is 23.5 Å². The van der Waals surface area contributed by atoms with E-state index < -0.39 is 0 Å². The number of carbonyl (C=O) groups is 1. The molecule has 0 radical (unpaired) electrons. The van der Waals surface area contributed by atoms with Crippen molar-refractivity contribution in [2.45, 2.75) is 0 Å². The highest BCUT2D eigenvalue weighted by Gasteiger charge is 2.17. The Bertz CT molecular complexity index is 609. The maximum Gasteiger partial charge on any atom is 0.215 e. The van der Waals surface area contributed by atoms with Crippen molar-refractivity contribution in [3.8, 4) is 5.75 Å². The lowest BCUT2D eigenvalue weighted by Gasteiger charge is -2.05. The summed E-state index contributed by atoms with van der Waals surface area (Å²) >= 11 is 0. The number of nitrogens with zero attached hydrogens (tertiary/aromatic N) is 2. The molecule has 96 valence electrons. The second-order valence-electron chi connectivity index (χ2n) is 3.75. The fourth-order valence-corrected chi connectivity index (χ4v) is 1.65. The molecule has 0 unspecified atom stereocenters. The molecule has 0 fully saturated rings. The maximum absolute atomic E-state index is 12.3. The lowest BCUT2D eigenvalue weighted by atomic mass is 10.0. The van der Waals surface area contributed by atoms with Gasteiger partial charge in [-0.05, 0) is 24.3 Å². The second-order valence-corrected chi connectivity index (χ2v) is 3.75. The fourth-order valence-electron chi connectivity index (χ4n) is 1.65. The quantitative estimate of drug-likeness (QED) is 0.394. The van der Waals surface area contributed by atoms with Crippen LogP contribution < -0.4 is 4.74 Å². The van der Waals surface area contributed by atoms with Gasteiger partial charge in [0.2, 0.25) is 5.78 Å². The lowest BCUT2D eigenvalue weighted by Crippen LogP contribution is -2.16. The van der Waals surface area contributed by atoms with Crippen LogP contribution in [-0.4, -0.2) is 28.8 Å². The summed E-state index contributed by atoms with van der Waals surface area (Å²) in [6, 6.07) is 9.87. The highest BCUT2D eigenvalue weighted by Crippen LogP contribution is 2.15. The third-order valence-corrected chi connectivity index (χ3v) is 2.60. The highest BCUT2D eigenvalue weighted by atomic mass is 16.5. The Hall–Kier alpha value is -2.69. The minimum Gasteiger partial charge on any atom is -0.497 e. The number of carbonyl (C=O) groups excluding carboxylic acids is 1. The van der Waals surface area contributed by atoms with Crippen molar-refractivity contribution >= 4 is 11.5 Å². The molecule has 0 aliphatic rings. The molecule has 0 saturated heterocycles. The Morgan fingerprint density at radius 3 is 2.58 bits per heavy atom. The van der Waals surface area contributed by atoms with E-state index >= 15 is 0 Å². The van der Waals surface area contributed by atoms with Crippen LogP contribution in [-0.2, 0) is 0 Å². The van der Waals surface area contributed by atoms with Gasteiger partial charge in [-0.15, -0.1) is 0 Å². The smallest absolute Gasteiger partial charge is 0.215 e. The molecular formula is C14H12N2O3. The Morgan fingerprint density at radius 2 is 1.95 bits per heavy atom. The molecule has 1 heterocycles. The summed E-state index contributed by atoms with van der Waals surface area (Å²) in [5.74, 6) is 0.186. The van der Waals surface area contributed by atoms with Gasteiger partial charge in [-0.3, -0.25) is 9.78 Å². The summed E-state index contributed by atoms with van der Waals surface area (Å²) in [7, 11) is 1.52. The molecule has 2 aromatic rings. The van der Waals surface area contributed by atoms with E-state index in [4.69, 9.17) is 9.94 Å². The molecule has 5 heteroatoms. The van der Waals surface area contributed by atoms with Crippen molar-refractivity contribution < 1.29 is 14.7 Å². The number of Topliss-reactive ketones (excluding diaryl/α,β-unsaturated/α-hetero) is 1. The Kier molecular flexibility index (Phi) is 3.87. The van der Waals surface area contributed by atoms with E-state index in [-0.39, 0.29) is 11.5 Å². The van der Waals surface area contributed by atoms with E-state index in [1.807, 2.05) is 0 Å². The van der Waals surface area contributed by atoms with Crippen LogP contribution in [0.4, 0.5) is 0 Å². The van der Waals surface area contributed by atoms with Gasteiger partial charge in [-0.1, -0.05) is 17.3 Å². The zero-order valence-corrected chi connectivity index (χ0v) is 10.3. The van der Waals surface area contributed by atoms with Crippen LogP contribution in [0.2, 0.25) is 0 Å². The number of rotatable bonds is 4. The Morgan fingerprint density at radius 1 is 1.21 bits per heavy atom. The van der Waals surface area contributed by atoms with Crippen molar-refractivity contribution in [2.75, 3.05) is 7.11 Å². The standard InChI is InChI=1S/C14H12N2O3/c1-19-12-4-2-3-11(9-12)14(17)13(16-18)10-5-7-15-8-6-10/h2-9,18H,1H3. The van der Waals surface area contributed by atoms with Crippen molar-refractivity contribution in [3.05, 3.63) is 59.9 Å². The van der Waals surface area contributed by atoms with Gasteiger partial charge >= 0.3 is 0 Å². The van der Waals surface area contributed by atoms with E-state index in [0.29, 0.717) is 16.9 Å². The number of oxime groups is 1. The number of hydrogen-bond acceptors (Lipinski definition) is 5. The monoisotopic (exact) mass is 256 g/mol. The summed E-state index contributed by atoms with van der Waals surface area (Å²) < 4.78 is 5.06. The third kappa shape index (κ3) is 2.77. The molecule has 19 heavy (non-hydrogen) atoms. The molecule has 0 spiro atoms. The van der Waals surface area contributed by atoms with Gasteiger partial charge in [0.1, 0.15) is 5.75 Å².